The van der Waals surface area contributed by atoms with E-state index in [0.717, 1.165) is 27.6 Å². The van der Waals surface area contributed by atoms with Gasteiger partial charge in [-0.15, -0.1) is 0 Å². The van der Waals surface area contributed by atoms with Gasteiger partial charge in [0.15, 0.2) is 0 Å². The van der Waals surface area contributed by atoms with Crippen LogP contribution in [0.5, 0.6) is 5.75 Å². The first-order valence-corrected chi connectivity index (χ1v) is 11.7. The summed E-state index contributed by atoms with van der Waals surface area (Å²) in [6.07, 6.45) is 0. The van der Waals surface area contributed by atoms with Crippen molar-refractivity contribution in [2.75, 3.05) is 13.1 Å². The Bertz CT molecular complexity index is 1360. The smallest absolute Gasteiger partial charge is 0.258 e. The number of benzene rings is 3. The Labute approximate surface area is 208 Å². The highest BCUT2D eigenvalue weighted by Gasteiger charge is 2.22. The van der Waals surface area contributed by atoms with Gasteiger partial charge in [0, 0.05) is 13.1 Å². The number of aryl methyl sites for hydroxylation is 2. The molecule has 1 heterocycles. The Hall–Kier alpha value is -4.20. The average molecular weight is 490 g/mol. The standard InChI is InChI=1S/C28H28FN3O4/c1-4-32(16-27(33)30-15-20-9-11-23(29)12-10-20)28(34)24-13-21-7-5-6-8-22(21)14-26(24)35-17-25-18(2)31-36-19(25)3/h5-14H,4,15-17H2,1-3H3,(H,30,33). The highest BCUT2D eigenvalue weighted by atomic mass is 19.1. The minimum atomic E-state index is -0.337. The maximum atomic E-state index is 13.6. The number of rotatable bonds is 9. The van der Waals surface area contributed by atoms with Crippen molar-refractivity contribution in [3.8, 4) is 5.75 Å². The maximum absolute atomic E-state index is 13.6. The minimum absolute atomic E-state index is 0.118. The largest absolute Gasteiger partial charge is 0.488 e. The first kappa shape index (κ1) is 24.9. The first-order chi connectivity index (χ1) is 17.4. The molecule has 0 spiro atoms. The molecular weight excluding hydrogens is 461 g/mol. The number of carbonyl (C=O) groups excluding carboxylic acids is 2. The predicted octanol–water partition coefficient (Wildman–Crippen LogP) is 4.94. The van der Waals surface area contributed by atoms with Gasteiger partial charge >= 0.3 is 0 Å². The summed E-state index contributed by atoms with van der Waals surface area (Å²) < 4.78 is 24.4. The fourth-order valence-electron chi connectivity index (χ4n) is 3.89. The van der Waals surface area contributed by atoms with Crippen molar-refractivity contribution in [2.24, 2.45) is 0 Å². The van der Waals surface area contributed by atoms with Crippen LogP contribution in [0.1, 0.15) is 39.9 Å². The third-order valence-corrected chi connectivity index (χ3v) is 6.04. The van der Waals surface area contributed by atoms with Crippen LogP contribution in [0.2, 0.25) is 0 Å². The lowest BCUT2D eigenvalue weighted by molar-refractivity contribution is -0.121. The minimum Gasteiger partial charge on any atom is -0.488 e. The number of hydrogen-bond donors (Lipinski definition) is 1. The molecule has 2 amide bonds. The summed E-state index contributed by atoms with van der Waals surface area (Å²) in [7, 11) is 0. The molecule has 7 nitrogen and oxygen atoms in total. The summed E-state index contributed by atoms with van der Waals surface area (Å²) in [6.45, 7) is 6.12. The number of halogens is 1. The molecule has 0 aliphatic heterocycles. The van der Waals surface area contributed by atoms with E-state index >= 15 is 0 Å². The van der Waals surface area contributed by atoms with Crippen LogP contribution in [0, 0.1) is 19.7 Å². The van der Waals surface area contributed by atoms with Crippen molar-refractivity contribution in [3.05, 3.63) is 94.6 Å². The van der Waals surface area contributed by atoms with E-state index in [9.17, 15) is 14.0 Å². The van der Waals surface area contributed by atoms with Gasteiger partial charge in [0.05, 0.1) is 23.4 Å². The van der Waals surface area contributed by atoms with E-state index in [1.54, 1.807) is 18.2 Å². The van der Waals surface area contributed by atoms with Gasteiger partial charge in [-0.2, -0.15) is 0 Å². The van der Waals surface area contributed by atoms with Crippen LogP contribution in [0.25, 0.3) is 10.8 Å². The van der Waals surface area contributed by atoms with Crippen LogP contribution in [-0.2, 0) is 17.9 Å². The van der Waals surface area contributed by atoms with Crippen LogP contribution >= 0.6 is 0 Å². The van der Waals surface area contributed by atoms with Gasteiger partial charge in [-0.1, -0.05) is 41.6 Å². The molecule has 36 heavy (non-hydrogen) atoms. The molecule has 0 saturated heterocycles. The number of carbonyl (C=O) groups is 2. The van der Waals surface area contributed by atoms with E-state index in [4.69, 9.17) is 9.26 Å². The first-order valence-electron chi connectivity index (χ1n) is 11.7. The molecule has 0 saturated carbocycles. The molecular formula is C28H28FN3O4. The molecule has 8 heteroatoms. The fourth-order valence-corrected chi connectivity index (χ4v) is 3.89. The van der Waals surface area contributed by atoms with Crippen molar-refractivity contribution < 1.29 is 23.2 Å². The molecule has 0 fully saturated rings. The summed E-state index contributed by atoms with van der Waals surface area (Å²) in [4.78, 5) is 27.7. The zero-order valence-electron chi connectivity index (χ0n) is 20.5. The number of nitrogens with zero attached hydrogens (tertiary/aromatic N) is 2. The van der Waals surface area contributed by atoms with Crippen molar-refractivity contribution in [2.45, 2.75) is 33.9 Å². The number of nitrogens with one attached hydrogen (secondary N) is 1. The van der Waals surface area contributed by atoms with Gasteiger partial charge in [-0.3, -0.25) is 9.59 Å². The third-order valence-electron chi connectivity index (χ3n) is 6.04. The van der Waals surface area contributed by atoms with Gasteiger partial charge in [0.2, 0.25) is 5.91 Å². The highest BCUT2D eigenvalue weighted by Crippen LogP contribution is 2.29. The topological polar surface area (TPSA) is 84.7 Å². The molecule has 4 aromatic rings. The maximum Gasteiger partial charge on any atom is 0.258 e. The van der Waals surface area contributed by atoms with E-state index in [0.29, 0.717) is 23.6 Å². The fraction of sp³-hybridized carbons (Fsp3) is 0.250. The predicted molar refractivity (Wildman–Crippen MR) is 134 cm³/mol. The van der Waals surface area contributed by atoms with Gasteiger partial charge in [0.1, 0.15) is 23.9 Å². The molecule has 1 aromatic heterocycles. The molecule has 186 valence electrons. The third kappa shape index (κ3) is 5.71. The molecule has 3 aromatic carbocycles. The number of amides is 2. The molecule has 0 atom stereocenters. The molecule has 0 aliphatic rings. The zero-order valence-corrected chi connectivity index (χ0v) is 20.5. The lowest BCUT2D eigenvalue weighted by Crippen LogP contribution is -2.40. The van der Waals surface area contributed by atoms with Crippen molar-refractivity contribution in [1.82, 2.24) is 15.4 Å². The number of likely N-dealkylation sites (N-methyl/N-ethyl adjacent to an activating group) is 1. The van der Waals surface area contributed by atoms with Crippen molar-refractivity contribution >= 4 is 22.6 Å². The number of ether oxygens (including phenoxy) is 1. The second kappa shape index (κ2) is 11.0. The monoisotopic (exact) mass is 489 g/mol. The molecule has 0 radical (unpaired) electrons. The van der Waals surface area contributed by atoms with Gasteiger partial charge in [-0.25, -0.2) is 4.39 Å². The number of hydrogen-bond acceptors (Lipinski definition) is 5. The molecule has 0 aliphatic carbocycles. The molecule has 1 N–H and O–H groups in total. The number of aromatic nitrogens is 1. The molecule has 0 bridgehead atoms. The van der Waals surface area contributed by atoms with Gasteiger partial charge in [-0.05, 0) is 61.4 Å². The summed E-state index contributed by atoms with van der Waals surface area (Å²) >= 11 is 0. The van der Waals surface area contributed by atoms with Gasteiger partial charge < -0.3 is 19.5 Å². The second-order valence-electron chi connectivity index (χ2n) is 8.51. The normalized spacial score (nSPS) is 10.9. The van der Waals surface area contributed by atoms with E-state index in [2.05, 4.69) is 10.5 Å². The SMILES string of the molecule is CCN(CC(=O)NCc1ccc(F)cc1)C(=O)c1cc2ccccc2cc1OCc1c(C)noc1C. The van der Waals surface area contributed by atoms with Crippen LogP contribution in [0.3, 0.4) is 0 Å². The molecule has 4 rings (SSSR count). The summed E-state index contributed by atoms with van der Waals surface area (Å²) in [5.74, 6) is 0.121. The summed E-state index contributed by atoms with van der Waals surface area (Å²) in [6, 6.07) is 17.2. The Morgan fingerprint density at radius 3 is 2.39 bits per heavy atom. The quantitative estimate of drug-likeness (QED) is 0.360. The lowest BCUT2D eigenvalue weighted by Gasteiger charge is -2.22. The van der Waals surface area contributed by atoms with E-state index < -0.39 is 0 Å². The Balaban J connectivity index is 1.53. The van der Waals surface area contributed by atoms with Crippen LogP contribution < -0.4 is 10.1 Å². The summed E-state index contributed by atoms with van der Waals surface area (Å²) in [5.41, 5.74) is 2.69. The van der Waals surface area contributed by atoms with E-state index in [1.807, 2.05) is 51.1 Å². The van der Waals surface area contributed by atoms with Crippen LogP contribution in [-0.4, -0.2) is 35.0 Å². The van der Waals surface area contributed by atoms with Crippen LogP contribution in [0.15, 0.2) is 65.2 Å². The van der Waals surface area contributed by atoms with Crippen molar-refractivity contribution in [3.63, 3.8) is 0 Å². The van der Waals surface area contributed by atoms with E-state index in [1.165, 1.54) is 17.0 Å². The Kier molecular flexibility index (Phi) is 7.63. The Morgan fingerprint density at radius 2 is 1.75 bits per heavy atom. The van der Waals surface area contributed by atoms with Crippen LogP contribution in [0.4, 0.5) is 4.39 Å². The lowest BCUT2D eigenvalue weighted by atomic mass is 10.0. The van der Waals surface area contributed by atoms with Gasteiger partial charge in [0.25, 0.3) is 5.91 Å². The average Bonchev–Trinajstić information content (AvgIpc) is 3.21. The summed E-state index contributed by atoms with van der Waals surface area (Å²) in [5, 5.41) is 8.57. The molecule has 0 unspecified atom stereocenters. The second-order valence-corrected chi connectivity index (χ2v) is 8.51. The van der Waals surface area contributed by atoms with E-state index in [-0.39, 0.29) is 37.3 Å². The number of fused-ring (bicyclic) bond motifs is 1. The Morgan fingerprint density at radius 1 is 1.06 bits per heavy atom. The highest BCUT2D eigenvalue weighted by molar-refractivity contribution is 6.02. The zero-order chi connectivity index (χ0) is 25.7. The van der Waals surface area contributed by atoms with Crippen molar-refractivity contribution in [1.29, 1.82) is 0 Å².